The third-order valence-electron chi connectivity index (χ3n) is 2.64. The molecule has 1 aliphatic rings. The Morgan fingerprint density at radius 3 is 2.29 bits per heavy atom. The van der Waals surface area contributed by atoms with Crippen LogP contribution in [0.3, 0.4) is 0 Å². The molecule has 1 aliphatic heterocycles. The largest absolute Gasteiger partial charge is 0.374 e. The van der Waals surface area contributed by atoms with Crippen molar-refractivity contribution in [1.29, 1.82) is 0 Å². The second-order valence-electron chi connectivity index (χ2n) is 4.33. The topological polar surface area (TPSA) is 12.5 Å². The van der Waals surface area contributed by atoms with Crippen LogP contribution >= 0.6 is 0 Å². The fraction of sp³-hybridized carbons (Fsp3) is 1.00. The Labute approximate surface area is 84.2 Å². The second-order valence-corrected chi connectivity index (χ2v) is 4.33. The number of halogens is 2. The van der Waals surface area contributed by atoms with E-state index in [1.54, 1.807) is 18.9 Å². The van der Waals surface area contributed by atoms with Gasteiger partial charge in [0.05, 0.1) is 18.2 Å². The Morgan fingerprint density at radius 2 is 1.93 bits per heavy atom. The summed E-state index contributed by atoms with van der Waals surface area (Å²) in [7, 11) is 1.73. The number of hydrogen-bond donors (Lipinski definition) is 0. The Hall–Kier alpha value is -0.220. The maximum Gasteiger partial charge on any atom is 0.267 e. The summed E-state index contributed by atoms with van der Waals surface area (Å²) in [5.74, 6) is -2.61. The smallest absolute Gasteiger partial charge is 0.267 e. The molecule has 0 radical (unpaired) electrons. The molecule has 2 atom stereocenters. The Kier molecular flexibility index (Phi) is 3.48. The third kappa shape index (κ3) is 2.42. The van der Waals surface area contributed by atoms with Crippen molar-refractivity contribution < 1.29 is 13.5 Å². The van der Waals surface area contributed by atoms with Crippen LogP contribution in [-0.4, -0.2) is 42.7 Å². The van der Waals surface area contributed by atoms with E-state index >= 15 is 0 Å². The highest BCUT2D eigenvalue weighted by molar-refractivity contribution is 4.95. The van der Waals surface area contributed by atoms with Crippen LogP contribution < -0.4 is 0 Å². The quantitative estimate of drug-likeness (QED) is 0.703. The molecule has 0 aromatic rings. The standard InChI is InChI=1S/C10H19F2NO/c1-7(2)14-8(3)9-10(11,12)5-6-13(9)4/h7-9H,5-6H2,1-4H3/t8-,9+/m0/s1. The summed E-state index contributed by atoms with van der Waals surface area (Å²) in [6.45, 7) is 5.90. The highest BCUT2D eigenvalue weighted by Gasteiger charge is 2.50. The number of rotatable bonds is 3. The van der Waals surface area contributed by atoms with Gasteiger partial charge in [-0.2, -0.15) is 0 Å². The summed E-state index contributed by atoms with van der Waals surface area (Å²) >= 11 is 0. The molecule has 1 heterocycles. The van der Waals surface area contributed by atoms with E-state index in [1.165, 1.54) is 0 Å². The lowest BCUT2D eigenvalue weighted by Gasteiger charge is -2.31. The first-order valence-electron chi connectivity index (χ1n) is 5.08. The van der Waals surface area contributed by atoms with Gasteiger partial charge in [-0.3, -0.25) is 4.90 Å². The van der Waals surface area contributed by atoms with E-state index in [4.69, 9.17) is 4.74 Å². The minimum Gasteiger partial charge on any atom is -0.374 e. The molecule has 2 nitrogen and oxygen atoms in total. The van der Waals surface area contributed by atoms with Gasteiger partial charge in [-0.1, -0.05) is 0 Å². The van der Waals surface area contributed by atoms with Crippen molar-refractivity contribution in [2.45, 2.75) is 51.4 Å². The summed E-state index contributed by atoms with van der Waals surface area (Å²) in [5.41, 5.74) is 0. The predicted molar refractivity (Wildman–Crippen MR) is 51.7 cm³/mol. The van der Waals surface area contributed by atoms with Crippen LogP contribution in [0.2, 0.25) is 0 Å². The fourth-order valence-corrected chi connectivity index (χ4v) is 2.14. The fourth-order valence-electron chi connectivity index (χ4n) is 2.14. The molecule has 1 saturated heterocycles. The predicted octanol–water partition coefficient (Wildman–Crippen LogP) is 2.14. The molecule has 84 valence electrons. The van der Waals surface area contributed by atoms with E-state index in [0.29, 0.717) is 6.54 Å². The molecule has 1 rings (SSSR count). The number of alkyl halides is 2. The number of nitrogens with zero attached hydrogens (tertiary/aromatic N) is 1. The Bertz CT molecular complexity index is 197. The van der Waals surface area contributed by atoms with Crippen molar-refractivity contribution in [2.24, 2.45) is 0 Å². The number of likely N-dealkylation sites (tertiary alicyclic amines) is 1. The number of likely N-dealkylation sites (N-methyl/N-ethyl adjacent to an activating group) is 1. The SMILES string of the molecule is CC(C)O[C@@H](C)[C@H]1N(C)CCC1(F)F. The Morgan fingerprint density at radius 1 is 1.36 bits per heavy atom. The van der Waals surface area contributed by atoms with Gasteiger partial charge in [-0.15, -0.1) is 0 Å². The van der Waals surface area contributed by atoms with E-state index in [1.807, 2.05) is 13.8 Å². The van der Waals surface area contributed by atoms with Crippen LogP contribution in [-0.2, 0) is 4.74 Å². The minimum atomic E-state index is -2.61. The minimum absolute atomic E-state index is 0.00481. The summed E-state index contributed by atoms with van der Waals surface area (Å²) in [4.78, 5) is 1.69. The highest BCUT2D eigenvalue weighted by atomic mass is 19.3. The van der Waals surface area contributed by atoms with Crippen molar-refractivity contribution in [3.63, 3.8) is 0 Å². The normalized spacial score (nSPS) is 29.8. The van der Waals surface area contributed by atoms with Gasteiger partial charge in [0.1, 0.15) is 0 Å². The highest BCUT2D eigenvalue weighted by Crippen LogP contribution is 2.35. The molecule has 0 aliphatic carbocycles. The lowest BCUT2D eigenvalue weighted by atomic mass is 10.1. The summed E-state index contributed by atoms with van der Waals surface area (Å²) < 4.78 is 32.3. The van der Waals surface area contributed by atoms with Gasteiger partial charge < -0.3 is 4.74 Å². The molecule has 0 aromatic carbocycles. The van der Waals surface area contributed by atoms with E-state index < -0.39 is 18.1 Å². The number of ether oxygens (including phenoxy) is 1. The molecule has 0 unspecified atom stereocenters. The lowest BCUT2D eigenvalue weighted by Crippen LogP contribution is -2.46. The average Bonchev–Trinajstić information content (AvgIpc) is 2.24. The Balaban J connectivity index is 2.64. The average molecular weight is 207 g/mol. The molecule has 4 heteroatoms. The first kappa shape index (κ1) is 11.9. The molecule has 0 spiro atoms. The van der Waals surface area contributed by atoms with E-state index in [2.05, 4.69) is 0 Å². The van der Waals surface area contributed by atoms with Gasteiger partial charge in [0.25, 0.3) is 5.92 Å². The van der Waals surface area contributed by atoms with Crippen LogP contribution in [0.1, 0.15) is 27.2 Å². The van der Waals surface area contributed by atoms with E-state index in [-0.39, 0.29) is 12.5 Å². The van der Waals surface area contributed by atoms with Crippen LogP contribution in [0.25, 0.3) is 0 Å². The van der Waals surface area contributed by atoms with Crippen LogP contribution in [0, 0.1) is 0 Å². The van der Waals surface area contributed by atoms with Gasteiger partial charge in [0, 0.05) is 13.0 Å². The van der Waals surface area contributed by atoms with Gasteiger partial charge in [0.15, 0.2) is 0 Å². The van der Waals surface area contributed by atoms with Crippen molar-refractivity contribution >= 4 is 0 Å². The number of hydrogen-bond acceptors (Lipinski definition) is 2. The molecule has 0 N–H and O–H groups in total. The van der Waals surface area contributed by atoms with Crippen molar-refractivity contribution in [1.82, 2.24) is 4.90 Å². The van der Waals surface area contributed by atoms with Crippen LogP contribution in [0.15, 0.2) is 0 Å². The molecule has 0 saturated carbocycles. The summed E-state index contributed by atoms with van der Waals surface area (Å²) in [6.07, 6.45) is -0.479. The molecule has 1 fully saturated rings. The first-order valence-corrected chi connectivity index (χ1v) is 5.08. The van der Waals surface area contributed by atoms with Gasteiger partial charge in [-0.25, -0.2) is 8.78 Å². The van der Waals surface area contributed by atoms with E-state index in [9.17, 15) is 8.78 Å². The summed E-state index contributed by atoms with van der Waals surface area (Å²) in [6, 6.07) is -0.773. The zero-order valence-electron chi connectivity index (χ0n) is 9.26. The van der Waals surface area contributed by atoms with Gasteiger partial charge in [0.2, 0.25) is 0 Å². The van der Waals surface area contributed by atoms with Crippen molar-refractivity contribution in [2.75, 3.05) is 13.6 Å². The van der Waals surface area contributed by atoms with E-state index in [0.717, 1.165) is 0 Å². The molecular formula is C10H19F2NO. The monoisotopic (exact) mass is 207 g/mol. The van der Waals surface area contributed by atoms with Crippen LogP contribution in [0.5, 0.6) is 0 Å². The van der Waals surface area contributed by atoms with Crippen molar-refractivity contribution in [3.05, 3.63) is 0 Å². The lowest BCUT2D eigenvalue weighted by molar-refractivity contribution is -0.105. The van der Waals surface area contributed by atoms with Crippen molar-refractivity contribution in [3.8, 4) is 0 Å². The van der Waals surface area contributed by atoms with Crippen LogP contribution in [0.4, 0.5) is 8.78 Å². The van der Waals surface area contributed by atoms with Gasteiger partial charge >= 0.3 is 0 Å². The molecule has 0 bridgehead atoms. The zero-order valence-corrected chi connectivity index (χ0v) is 9.26. The molecular weight excluding hydrogens is 188 g/mol. The molecule has 0 amide bonds. The molecule has 0 aromatic heterocycles. The molecule has 14 heavy (non-hydrogen) atoms. The second kappa shape index (κ2) is 4.11. The maximum absolute atomic E-state index is 13.4. The maximum atomic E-state index is 13.4. The zero-order chi connectivity index (χ0) is 10.9. The third-order valence-corrected chi connectivity index (χ3v) is 2.64. The van der Waals surface area contributed by atoms with Gasteiger partial charge in [-0.05, 0) is 27.8 Å². The summed E-state index contributed by atoms with van der Waals surface area (Å²) in [5, 5.41) is 0. The first-order chi connectivity index (χ1) is 6.34.